The van der Waals surface area contributed by atoms with Crippen molar-refractivity contribution >= 4 is 58.4 Å². The number of para-hydroxylation sites is 4. The first kappa shape index (κ1) is 34.1. The molecule has 7 aromatic carbocycles. The van der Waals surface area contributed by atoms with Crippen LogP contribution in [0.25, 0.3) is 24.3 Å². The summed E-state index contributed by atoms with van der Waals surface area (Å²) < 4.78 is 0. The molecule has 2 heteroatoms. The van der Waals surface area contributed by atoms with Crippen LogP contribution in [0.1, 0.15) is 44.5 Å². The van der Waals surface area contributed by atoms with E-state index in [2.05, 4.69) is 232 Å². The number of anilines is 6. The van der Waals surface area contributed by atoms with Crippen LogP contribution in [-0.4, -0.2) is 0 Å². The zero-order chi connectivity index (χ0) is 35.9. The van der Waals surface area contributed by atoms with Crippen molar-refractivity contribution in [1.82, 2.24) is 0 Å². The minimum absolute atomic E-state index is 1.14. The fourth-order valence-electron chi connectivity index (χ4n) is 6.94. The van der Waals surface area contributed by atoms with E-state index in [9.17, 15) is 0 Å². The molecular formula is C50H44N2. The molecule has 0 aromatic heterocycles. The largest absolute Gasteiger partial charge is 0.310 e. The highest BCUT2D eigenvalue weighted by Gasteiger charge is 2.17. The maximum Gasteiger partial charge on any atom is 0.0519 e. The molecule has 0 saturated heterocycles. The van der Waals surface area contributed by atoms with Crippen LogP contribution < -0.4 is 9.80 Å². The molecule has 254 valence electrons. The van der Waals surface area contributed by atoms with Crippen LogP contribution in [0.3, 0.4) is 0 Å². The molecule has 0 aliphatic heterocycles. The van der Waals surface area contributed by atoms with Gasteiger partial charge in [0.2, 0.25) is 0 Å². The van der Waals surface area contributed by atoms with Gasteiger partial charge in [-0.1, -0.05) is 146 Å². The van der Waals surface area contributed by atoms with Crippen molar-refractivity contribution < 1.29 is 0 Å². The van der Waals surface area contributed by atoms with Crippen LogP contribution in [0.2, 0.25) is 0 Å². The van der Waals surface area contributed by atoms with Crippen LogP contribution >= 0.6 is 0 Å². The van der Waals surface area contributed by atoms with Gasteiger partial charge in [-0.15, -0.1) is 0 Å². The Labute approximate surface area is 309 Å². The molecule has 0 N–H and O–H groups in total. The van der Waals surface area contributed by atoms with Gasteiger partial charge in [-0.25, -0.2) is 0 Å². The fraction of sp³-hybridized carbons (Fsp3) is 0.0800. The standard InChI is InChI=1S/C50H44N2/c1-37-15-13-16-38(2)49(37)51(45-21-7-5-8-22-45)47-33-27-41(28-34-47)25-31-43-19-11-12-20-44(43)32-26-42-29-35-48(36-30-42)52(46-23-9-6-10-24-46)50-39(3)17-14-18-40(50)4/h5-36H,1-4H3/b31-25+,32-26+. The lowest BCUT2D eigenvalue weighted by Gasteiger charge is -2.28. The van der Waals surface area contributed by atoms with E-state index in [0.717, 1.165) is 33.9 Å². The lowest BCUT2D eigenvalue weighted by Crippen LogP contribution is -2.12. The van der Waals surface area contributed by atoms with Crippen molar-refractivity contribution in [1.29, 1.82) is 0 Å². The third-order valence-electron chi connectivity index (χ3n) is 9.56. The number of rotatable bonds is 10. The van der Waals surface area contributed by atoms with Crippen molar-refractivity contribution in [2.24, 2.45) is 0 Å². The zero-order valence-corrected chi connectivity index (χ0v) is 30.4. The van der Waals surface area contributed by atoms with Crippen molar-refractivity contribution in [2.45, 2.75) is 27.7 Å². The summed E-state index contributed by atoms with van der Waals surface area (Å²) in [6.07, 6.45) is 8.81. The molecule has 0 atom stereocenters. The second kappa shape index (κ2) is 15.7. The van der Waals surface area contributed by atoms with Gasteiger partial charge in [0.1, 0.15) is 0 Å². The van der Waals surface area contributed by atoms with E-state index in [0.29, 0.717) is 0 Å². The number of hydrogen-bond acceptors (Lipinski definition) is 2. The van der Waals surface area contributed by atoms with Crippen LogP contribution in [0.15, 0.2) is 170 Å². The SMILES string of the molecule is Cc1cccc(C)c1N(c1ccccc1)c1ccc(/C=C/c2ccccc2/C=C/c2ccc(N(c3ccccc3)c3c(C)cccc3C)cc2)cc1. The van der Waals surface area contributed by atoms with Crippen LogP contribution in [-0.2, 0) is 0 Å². The minimum Gasteiger partial charge on any atom is -0.310 e. The van der Waals surface area contributed by atoms with E-state index >= 15 is 0 Å². The van der Waals surface area contributed by atoms with Crippen molar-refractivity contribution in [3.63, 3.8) is 0 Å². The molecule has 0 aliphatic rings. The fourth-order valence-corrected chi connectivity index (χ4v) is 6.94. The van der Waals surface area contributed by atoms with E-state index in [1.54, 1.807) is 0 Å². The van der Waals surface area contributed by atoms with E-state index in [1.807, 2.05) is 0 Å². The van der Waals surface area contributed by atoms with E-state index < -0.39 is 0 Å². The number of hydrogen-bond donors (Lipinski definition) is 0. The molecule has 52 heavy (non-hydrogen) atoms. The van der Waals surface area contributed by atoms with Crippen molar-refractivity contribution in [2.75, 3.05) is 9.80 Å². The third-order valence-corrected chi connectivity index (χ3v) is 9.56. The second-order valence-corrected chi connectivity index (χ2v) is 13.3. The van der Waals surface area contributed by atoms with E-state index in [1.165, 1.54) is 44.8 Å². The van der Waals surface area contributed by atoms with Crippen LogP contribution in [0.5, 0.6) is 0 Å². The first-order valence-corrected chi connectivity index (χ1v) is 17.9. The van der Waals surface area contributed by atoms with Crippen LogP contribution in [0.4, 0.5) is 34.1 Å². The highest BCUT2D eigenvalue weighted by Crippen LogP contribution is 2.40. The lowest BCUT2D eigenvalue weighted by atomic mass is 10.0. The maximum atomic E-state index is 2.35. The molecule has 0 bridgehead atoms. The predicted molar refractivity (Wildman–Crippen MR) is 225 cm³/mol. The first-order chi connectivity index (χ1) is 25.5. The van der Waals surface area contributed by atoms with Crippen molar-refractivity contribution in [3.05, 3.63) is 214 Å². The summed E-state index contributed by atoms with van der Waals surface area (Å²) in [5.74, 6) is 0. The first-order valence-electron chi connectivity index (χ1n) is 17.9. The summed E-state index contributed by atoms with van der Waals surface area (Å²) >= 11 is 0. The Morgan fingerprint density at radius 1 is 0.288 bits per heavy atom. The highest BCUT2D eigenvalue weighted by atomic mass is 15.2. The number of benzene rings is 7. The molecule has 0 unspecified atom stereocenters. The third kappa shape index (κ3) is 7.52. The summed E-state index contributed by atoms with van der Waals surface area (Å²) in [7, 11) is 0. The van der Waals surface area contributed by atoms with Gasteiger partial charge in [0, 0.05) is 22.7 Å². The summed E-state index contributed by atoms with van der Waals surface area (Å²) in [5, 5.41) is 0. The van der Waals surface area contributed by atoms with Gasteiger partial charge in [0.25, 0.3) is 0 Å². The zero-order valence-electron chi connectivity index (χ0n) is 30.4. The minimum atomic E-state index is 1.14. The molecule has 0 spiro atoms. The average molecular weight is 673 g/mol. The monoisotopic (exact) mass is 672 g/mol. The molecular weight excluding hydrogens is 629 g/mol. The van der Waals surface area contributed by atoms with Gasteiger partial charge in [-0.2, -0.15) is 0 Å². The summed E-state index contributed by atoms with van der Waals surface area (Å²) in [6.45, 7) is 8.74. The van der Waals surface area contributed by atoms with E-state index in [4.69, 9.17) is 0 Å². The molecule has 0 radical (unpaired) electrons. The van der Waals surface area contributed by atoms with Gasteiger partial charge in [-0.3, -0.25) is 0 Å². The second-order valence-electron chi connectivity index (χ2n) is 13.3. The van der Waals surface area contributed by atoms with Gasteiger partial charge < -0.3 is 9.80 Å². The Hall–Kier alpha value is -6.38. The summed E-state index contributed by atoms with van der Waals surface area (Å²) in [6, 6.07) is 60.4. The molecule has 0 saturated carbocycles. The maximum absolute atomic E-state index is 2.35. The Bertz CT molecular complexity index is 2110. The van der Waals surface area contributed by atoms with Gasteiger partial charge in [-0.05, 0) is 121 Å². The summed E-state index contributed by atoms with van der Waals surface area (Å²) in [5.41, 5.74) is 16.7. The Morgan fingerprint density at radius 3 is 0.942 bits per heavy atom. The Morgan fingerprint density at radius 2 is 0.596 bits per heavy atom. The predicted octanol–water partition coefficient (Wildman–Crippen LogP) is 14.2. The molecule has 0 heterocycles. The van der Waals surface area contributed by atoms with Gasteiger partial charge in [0.15, 0.2) is 0 Å². The lowest BCUT2D eigenvalue weighted by molar-refractivity contribution is 1.22. The quantitative estimate of drug-likeness (QED) is 0.133. The molecule has 7 rings (SSSR count). The Kier molecular flexibility index (Phi) is 10.3. The number of nitrogens with zero attached hydrogens (tertiary/aromatic N) is 2. The Balaban J connectivity index is 1.11. The normalized spacial score (nSPS) is 11.3. The van der Waals surface area contributed by atoms with Crippen LogP contribution in [0, 0.1) is 27.7 Å². The molecule has 7 aromatic rings. The van der Waals surface area contributed by atoms with Gasteiger partial charge >= 0.3 is 0 Å². The molecule has 0 amide bonds. The smallest absolute Gasteiger partial charge is 0.0519 e. The average Bonchev–Trinajstić information content (AvgIpc) is 3.18. The highest BCUT2D eigenvalue weighted by molar-refractivity contribution is 5.84. The number of aryl methyl sites for hydroxylation is 4. The topological polar surface area (TPSA) is 6.48 Å². The summed E-state index contributed by atoms with van der Waals surface area (Å²) in [4.78, 5) is 4.71. The molecule has 0 fully saturated rings. The molecule has 2 nitrogen and oxygen atoms in total. The van der Waals surface area contributed by atoms with Gasteiger partial charge in [0.05, 0.1) is 11.4 Å². The van der Waals surface area contributed by atoms with E-state index in [-0.39, 0.29) is 0 Å². The molecule has 0 aliphatic carbocycles. The van der Waals surface area contributed by atoms with Crippen molar-refractivity contribution in [3.8, 4) is 0 Å².